The third-order valence-corrected chi connectivity index (χ3v) is 14.0. The Balaban J connectivity index is 1.02. The van der Waals surface area contributed by atoms with Gasteiger partial charge in [0.2, 0.25) is 0 Å². The largest absolute Gasteiger partial charge is 0.309 e. The van der Waals surface area contributed by atoms with Gasteiger partial charge in [-0.25, -0.2) is 24.9 Å². The number of hydrogen-bond acceptors (Lipinski definition) is 5. The van der Waals surface area contributed by atoms with Crippen molar-refractivity contribution in [1.29, 1.82) is 0 Å². The van der Waals surface area contributed by atoms with Crippen molar-refractivity contribution in [2.75, 3.05) is 0 Å². The van der Waals surface area contributed by atoms with E-state index in [-0.39, 0.29) is 0 Å². The fourth-order valence-corrected chi connectivity index (χ4v) is 10.6. The van der Waals surface area contributed by atoms with Gasteiger partial charge in [0.25, 0.3) is 0 Å². The number of nitrogens with zero attached hydrogens (tertiary/aromatic N) is 7. The molecule has 0 atom stereocenters. The topological polar surface area (TPSA) is 74.3 Å². The van der Waals surface area contributed by atoms with E-state index in [2.05, 4.69) is 185 Å². The van der Waals surface area contributed by atoms with E-state index in [1.807, 2.05) is 84.9 Å². The molecule has 0 aliphatic rings. The zero-order valence-electron chi connectivity index (χ0n) is 40.0. The maximum Gasteiger partial charge on any atom is 0.164 e. The highest BCUT2D eigenvalue weighted by molar-refractivity contribution is 6.12. The molecule has 0 amide bonds. The van der Waals surface area contributed by atoms with Crippen LogP contribution in [0.15, 0.2) is 261 Å². The van der Waals surface area contributed by atoms with Crippen molar-refractivity contribution >= 4 is 43.6 Å². The molecule has 4 heterocycles. The van der Waals surface area contributed by atoms with Crippen molar-refractivity contribution < 1.29 is 0 Å². The van der Waals surface area contributed by atoms with E-state index >= 15 is 0 Å². The lowest BCUT2D eigenvalue weighted by atomic mass is 9.96. The average molecular weight is 946 g/mol. The van der Waals surface area contributed by atoms with Gasteiger partial charge in [0, 0.05) is 66.1 Å². The maximum atomic E-state index is 5.33. The molecule has 0 aliphatic carbocycles. The third-order valence-electron chi connectivity index (χ3n) is 14.0. The molecule has 346 valence electrons. The molecule has 4 aromatic heterocycles. The highest BCUT2D eigenvalue weighted by Crippen LogP contribution is 2.43. The predicted octanol–water partition coefficient (Wildman–Crippen LogP) is 16.5. The highest BCUT2D eigenvalue weighted by Gasteiger charge is 2.23. The van der Waals surface area contributed by atoms with Crippen LogP contribution in [0.1, 0.15) is 0 Å². The van der Waals surface area contributed by atoms with Crippen LogP contribution in [0.2, 0.25) is 0 Å². The summed E-state index contributed by atoms with van der Waals surface area (Å²) >= 11 is 0. The normalized spacial score (nSPS) is 11.5. The highest BCUT2D eigenvalue weighted by atomic mass is 15.0. The molecule has 74 heavy (non-hydrogen) atoms. The van der Waals surface area contributed by atoms with Gasteiger partial charge in [-0.3, -0.25) is 0 Å². The summed E-state index contributed by atoms with van der Waals surface area (Å²) < 4.78 is 4.83. The lowest BCUT2D eigenvalue weighted by Crippen LogP contribution is -2.02. The fraction of sp³-hybridized carbons (Fsp3) is 0. The summed E-state index contributed by atoms with van der Waals surface area (Å²) in [6.07, 6.45) is 0. The Morgan fingerprint density at radius 1 is 0.216 bits per heavy atom. The lowest BCUT2D eigenvalue weighted by molar-refractivity contribution is 1.07. The van der Waals surface area contributed by atoms with Crippen LogP contribution < -0.4 is 0 Å². The van der Waals surface area contributed by atoms with E-state index in [9.17, 15) is 0 Å². The number of fused-ring (bicyclic) bond motifs is 6. The van der Waals surface area contributed by atoms with E-state index < -0.39 is 0 Å². The molecule has 0 saturated heterocycles. The Kier molecular flexibility index (Phi) is 10.4. The molecule has 14 rings (SSSR count). The molecule has 7 heteroatoms. The van der Waals surface area contributed by atoms with Gasteiger partial charge >= 0.3 is 0 Å². The quantitative estimate of drug-likeness (QED) is 0.144. The number of para-hydroxylation sites is 4. The summed E-state index contributed by atoms with van der Waals surface area (Å²) in [4.78, 5) is 25.7. The fourth-order valence-electron chi connectivity index (χ4n) is 10.6. The van der Waals surface area contributed by atoms with Crippen molar-refractivity contribution in [3.63, 3.8) is 0 Å². The zero-order valence-corrected chi connectivity index (χ0v) is 40.0. The van der Waals surface area contributed by atoms with Gasteiger partial charge < -0.3 is 9.13 Å². The minimum Gasteiger partial charge on any atom is -0.309 e. The summed E-state index contributed by atoms with van der Waals surface area (Å²) in [7, 11) is 0. The van der Waals surface area contributed by atoms with Crippen LogP contribution in [-0.4, -0.2) is 34.1 Å². The Morgan fingerprint density at radius 3 is 1.14 bits per heavy atom. The monoisotopic (exact) mass is 945 g/mol. The predicted molar refractivity (Wildman–Crippen MR) is 302 cm³/mol. The van der Waals surface area contributed by atoms with Crippen molar-refractivity contribution in [3.05, 3.63) is 261 Å². The Labute approximate surface area is 427 Å². The molecule has 0 saturated carbocycles. The van der Waals surface area contributed by atoms with Gasteiger partial charge in [-0.1, -0.05) is 200 Å². The lowest BCUT2D eigenvalue weighted by Gasteiger charge is -2.20. The molecule has 0 radical (unpaired) electrons. The first kappa shape index (κ1) is 42.7. The van der Waals surface area contributed by atoms with E-state index in [1.165, 1.54) is 10.8 Å². The Hall–Kier alpha value is -10.1. The second-order valence-corrected chi connectivity index (χ2v) is 18.4. The van der Waals surface area contributed by atoms with Crippen molar-refractivity contribution in [2.24, 2.45) is 0 Å². The Bertz CT molecular complexity index is 4240. The maximum absolute atomic E-state index is 5.33. The molecule has 0 spiro atoms. The molecule has 14 aromatic rings. The van der Waals surface area contributed by atoms with E-state index in [0.29, 0.717) is 23.3 Å². The average Bonchev–Trinajstić information content (AvgIpc) is 4.01. The van der Waals surface area contributed by atoms with Gasteiger partial charge in [-0.15, -0.1) is 0 Å². The van der Waals surface area contributed by atoms with Gasteiger partial charge in [0.1, 0.15) is 0 Å². The van der Waals surface area contributed by atoms with Crippen LogP contribution in [0.3, 0.4) is 0 Å². The SMILES string of the molecule is c1ccc(-c2cc(-c3ccc(-n4c5ccccc5c5cc(-c6nc(-c7ccccc7)nc(-c7ccccc7)n6)ccc54)c(-c4ccccc4-n4c5ccccc5c5ccccc54)c3)nc(-c3ccccc3)n2)cc1. The van der Waals surface area contributed by atoms with E-state index in [0.717, 1.165) is 100 Å². The zero-order chi connectivity index (χ0) is 49.0. The summed E-state index contributed by atoms with van der Waals surface area (Å²) in [6.45, 7) is 0. The first-order valence-corrected chi connectivity index (χ1v) is 24.8. The smallest absolute Gasteiger partial charge is 0.164 e. The minimum atomic E-state index is 0.608. The van der Waals surface area contributed by atoms with Crippen molar-refractivity contribution in [1.82, 2.24) is 34.1 Å². The van der Waals surface area contributed by atoms with Gasteiger partial charge in [0.15, 0.2) is 23.3 Å². The summed E-state index contributed by atoms with van der Waals surface area (Å²) in [5.41, 5.74) is 16.0. The van der Waals surface area contributed by atoms with Crippen molar-refractivity contribution in [3.8, 4) is 90.6 Å². The Morgan fingerprint density at radius 2 is 0.595 bits per heavy atom. The molecule has 0 bridgehead atoms. The second-order valence-electron chi connectivity index (χ2n) is 18.4. The van der Waals surface area contributed by atoms with Gasteiger partial charge in [-0.05, 0) is 60.7 Å². The standard InChI is InChI=1S/C67H43N7/c1-5-21-44(22-6-1)56-43-57(69-64(68-56)45-23-7-2-8-24-45)48-37-39-62(54(41-48)52-31-15-19-35-60(52)73-58-33-17-13-29-50(58)51-30-14-18-34-59(51)73)74-61-36-20-16-32-53(61)55-42-49(38-40-63(55)74)67-71-65(46-25-9-3-10-26-46)70-66(72-67)47-27-11-4-12-28-47/h1-43H. The first-order chi connectivity index (χ1) is 36.7. The number of hydrogen-bond donors (Lipinski definition) is 0. The van der Waals surface area contributed by atoms with E-state index in [4.69, 9.17) is 24.9 Å². The minimum absolute atomic E-state index is 0.608. The van der Waals surface area contributed by atoms with Crippen LogP contribution in [0.4, 0.5) is 0 Å². The number of rotatable bonds is 9. The molecular weight excluding hydrogens is 903 g/mol. The molecule has 0 aliphatic heterocycles. The molecular formula is C67H43N7. The molecule has 0 fully saturated rings. The van der Waals surface area contributed by atoms with Crippen LogP contribution in [0, 0.1) is 0 Å². The number of benzene rings is 10. The summed E-state index contributed by atoms with van der Waals surface area (Å²) in [6, 6.07) is 91.3. The van der Waals surface area contributed by atoms with Crippen LogP contribution >= 0.6 is 0 Å². The molecule has 10 aromatic carbocycles. The van der Waals surface area contributed by atoms with Crippen LogP contribution in [0.25, 0.3) is 134 Å². The molecule has 0 unspecified atom stereocenters. The van der Waals surface area contributed by atoms with Crippen LogP contribution in [-0.2, 0) is 0 Å². The summed E-state index contributed by atoms with van der Waals surface area (Å²) in [5.74, 6) is 2.52. The van der Waals surface area contributed by atoms with Crippen LogP contribution in [0.5, 0.6) is 0 Å². The van der Waals surface area contributed by atoms with Gasteiger partial charge in [0.05, 0.1) is 44.8 Å². The number of aromatic nitrogens is 7. The van der Waals surface area contributed by atoms with Gasteiger partial charge in [-0.2, -0.15) is 0 Å². The third kappa shape index (κ3) is 7.42. The molecule has 0 N–H and O–H groups in total. The van der Waals surface area contributed by atoms with Crippen molar-refractivity contribution in [2.45, 2.75) is 0 Å². The first-order valence-electron chi connectivity index (χ1n) is 24.8. The van der Waals surface area contributed by atoms with E-state index in [1.54, 1.807) is 0 Å². The summed E-state index contributed by atoms with van der Waals surface area (Å²) in [5, 5.41) is 4.62. The second kappa shape index (κ2) is 17.9. The molecule has 7 nitrogen and oxygen atoms in total.